The van der Waals surface area contributed by atoms with Crippen LogP contribution in [0.1, 0.15) is 25.3 Å². The third-order valence-corrected chi connectivity index (χ3v) is 6.15. The second-order valence-electron chi connectivity index (χ2n) is 8.41. The van der Waals surface area contributed by atoms with Crippen molar-refractivity contribution >= 4 is 34.4 Å². The first kappa shape index (κ1) is 19.2. The van der Waals surface area contributed by atoms with Gasteiger partial charge in [-0.25, -0.2) is 19.3 Å². The Hall–Kier alpha value is -3.53. The van der Waals surface area contributed by atoms with E-state index in [0.717, 1.165) is 29.8 Å². The smallest absolute Gasteiger partial charge is 0.328 e. The number of fused-ring (bicyclic) bond motifs is 6. The van der Waals surface area contributed by atoms with Gasteiger partial charge < -0.3 is 30.2 Å². The molecule has 32 heavy (non-hydrogen) atoms. The van der Waals surface area contributed by atoms with E-state index in [9.17, 15) is 4.79 Å². The van der Waals surface area contributed by atoms with E-state index >= 15 is 0 Å². The van der Waals surface area contributed by atoms with Crippen molar-refractivity contribution in [3.8, 4) is 11.5 Å². The largest absolute Gasteiger partial charge is 0.486 e. The lowest BCUT2D eigenvalue weighted by atomic mass is 9.89. The van der Waals surface area contributed by atoms with Crippen LogP contribution in [0.2, 0.25) is 0 Å². The number of hydrogen-bond acceptors (Lipinski definition) is 8. The highest BCUT2D eigenvalue weighted by Crippen LogP contribution is 2.42. The Balaban J connectivity index is 1.52. The Bertz CT molecular complexity index is 1220. The second-order valence-corrected chi connectivity index (χ2v) is 8.41. The van der Waals surface area contributed by atoms with Gasteiger partial charge in [-0.1, -0.05) is 0 Å². The van der Waals surface area contributed by atoms with Crippen molar-refractivity contribution in [3.63, 3.8) is 0 Å². The quantitative estimate of drug-likeness (QED) is 0.534. The Morgan fingerprint density at radius 1 is 1.25 bits per heavy atom. The number of hydrogen-bond donors (Lipinski definition) is 3. The predicted octanol–water partition coefficient (Wildman–Crippen LogP) is 3.00. The van der Waals surface area contributed by atoms with Crippen LogP contribution in [0.3, 0.4) is 0 Å². The Kier molecular flexibility index (Phi) is 4.35. The molecular weight excluding hydrogens is 412 g/mol. The maximum Gasteiger partial charge on any atom is 0.328 e. The average Bonchev–Trinajstić information content (AvgIpc) is 3.20. The van der Waals surface area contributed by atoms with Crippen LogP contribution in [-0.4, -0.2) is 52.5 Å². The predicted molar refractivity (Wildman–Crippen MR) is 118 cm³/mol. The van der Waals surface area contributed by atoms with Gasteiger partial charge in [0.05, 0.1) is 30.1 Å². The Labute approximate surface area is 184 Å². The van der Waals surface area contributed by atoms with Gasteiger partial charge in [0, 0.05) is 13.1 Å². The molecule has 0 unspecified atom stereocenters. The van der Waals surface area contributed by atoms with E-state index in [4.69, 9.17) is 19.2 Å². The van der Waals surface area contributed by atoms with Gasteiger partial charge in [0.2, 0.25) is 0 Å². The van der Waals surface area contributed by atoms with Gasteiger partial charge in [-0.3, -0.25) is 0 Å². The first-order valence-electron chi connectivity index (χ1n) is 10.8. The summed E-state index contributed by atoms with van der Waals surface area (Å²) in [5.41, 5.74) is 3.53. The van der Waals surface area contributed by atoms with Crippen molar-refractivity contribution < 1.29 is 19.0 Å². The fraction of sp³-hybridized carbons (Fsp3) is 0.409. The van der Waals surface area contributed by atoms with Crippen molar-refractivity contribution in [2.45, 2.75) is 44.6 Å². The van der Waals surface area contributed by atoms with Crippen molar-refractivity contribution in [2.75, 3.05) is 24.3 Å². The van der Waals surface area contributed by atoms with Gasteiger partial charge in [0.15, 0.2) is 17.1 Å². The van der Waals surface area contributed by atoms with Gasteiger partial charge in [-0.15, -0.1) is 0 Å². The van der Waals surface area contributed by atoms with Gasteiger partial charge in [0.1, 0.15) is 30.4 Å². The number of carbonyl (C=O) groups excluding carboxylic acids is 1. The van der Waals surface area contributed by atoms with Crippen LogP contribution >= 0.6 is 0 Å². The normalized spacial score (nSPS) is 24.1. The summed E-state index contributed by atoms with van der Waals surface area (Å²) in [4.78, 5) is 22.1. The van der Waals surface area contributed by atoms with Crippen LogP contribution in [0.4, 0.5) is 22.0 Å². The van der Waals surface area contributed by atoms with Crippen LogP contribution in [0, 0.1) is 0 Å². The molecule has 1 amide bonds. The number of nitrogens with zero attached hydrogens (tertiary/aromatic N) is 3. The highest BCUT2D eigenvalue weighted by Gasteiger charge is 2.34. The third-order valence-electron chi connectivity index (χ3n) is 6.15. The van der Waals surface area contributed by atoms with Crippen LogP contribution in [0.25, 0.3) is 11.2 Å². The van der Waals surface area contributed by atoms with Crippen LogP contribution in [0.15, 0.2) is 24.5 Å². The van der Waals surface area contributed by atoms with E-state index in [-0.39, 0.29) is 24.3 Å². The number of ether oxygens (including phenoxy) is 3. The van der Waals surface area contributed by atoms with Crippen LogP contribution < -0.4 is 25.4 Å². The molecular formula is C22H24N6O4. The van der Waals surface area contributed by atoms with E-state index in [0.29, 0.717) is 41.7 Å². The van der Waals surface area contributed by atoms with E-state index < -0.39 is 0 Å². The number of imidazole rings is 1. The second kappa shape index (κ2) is 7.27. The molecule has 4 heterocycles. The highest BCUT2D eigenvalue weighted by atomic mass is 16.6. The van der Waals surface area contributed by atoms with Crippen molar-refractivity contribution in [3.05, 3.63) is 30.1 Å². The molecule has 2 aromatic heterocycles. The van der Waals surface area contributed by atoms with E-state index in [1.54, 1.807) is 0 Å². The molecule has 1 saturated carbocycles. The summed E-state index contributed by atoms with van der Waals surface area (Å²) in [5.74, 6) is 1.87. The summed E-state index contributed by atoms with van der Waals surface area (Å²) in [6.07, 6.45) is 3.15. The molecule has 1 fully saturated rings. The summed E-state index contributed by atoms with van der Waals surface area (Å²) in [5, 5.41) is 9.56. The fourth-order valence-corrected chi connectivity index (χ4v) is 4.30. The van der Waals surface area contributed by atoms with Crippen LogP contribution in [-0.2, 0) is 11.3 Å². The Morgan fingerprint density at radius 2 is 2.16 bits per heavy atom. The number of benzene rings is 1. The van der Waals surface area contributed by atoms with Gasteiger partial charge in [0.25, 0.3) is 0 Å². The molecule has 1 aromatic carbocycles. The molecule has 4 bridgehead atoms. The zero-order chi connectivity index (χ0) is 21.8. The minimum absolute atomic E-state index is 0.0438. The van der Waals surface area contributed by atoms with E-state index in [2.05, 4.69) is 20.9 Å². The molecule has 6 rings (SSSR count). The van der Waals surface area contributed by atoms with Crippen molar-refractivity contribution in [1.82, 2.24) is 19.9 Å². The molecule has 10 heteroatoms. The molecule has 1 aliphatic carbocycles. The molecule has 0 spiro atoms. The third kappa shape index (κ3) is 3.10. The minimum atomic E-state index is -0.268. The summed E-state index contributed by atoms with van der Waals surface area (Å²) >= 11 is 0. The number of anilines is 3. The molecule has 10 nitrogen and oxygen atoms in total. The number of nitrogens with one attached hydrogen (secondary N) is 3. The summed E-state index contributed by atoms with van der Waals surface area (Å²) < 4.78 is 19.6. The molecule has 0 saturated heterocycles. The van der Waals surface area contributed by atoms with Gasteiger partial charge >= 0.3 is 6.03 Å². The fourth-order valence-electron chi connectivity index (χ4n) is 4.30. The molecule has 3 atom stereocenters. The first-order valence-corrected chi connectivity index (χ1v) is 10.8. The first-order chi connectivity index (χ1) is 15.6. The lowest BCUT2D eigenvalue weighted by molar-refractivity contribution is -0.0324. The standard InChI is InChI=1S/C22H24N6O4/c1-11-8-30-17-6-12-5-15(20(17)32-11)25-18-7-14(23-2)19-21(27-18)28(10-24-19)22(29)26-13-3-4-16(13)31-9-12/h5-7,10-11,13,16H,3-4,8-9H2,1-2H3,(H,26,29)(H2,23,25,27)/t11-,13-,16-/m1/s1. The van der Waals surface area contributed by atoms with E-state index in [1.807, 2.05) is 32.2 Å². The van der Waals surface area contributed by atoms with Crippen LogP contribution in [0.5, 0.6) is 11.5 Å². The maximum absolute atomic E-state index is 13.0. The lowest BCUT2D eigenvalue weighted by Gasteiger charge is -2.37. The highest BCUT2D eigenvalue weighted by molar-refractivity contribution is 5.94. The summed E-state index contributed by atoms with van der Waals surface area (Å²) in [6, 6.07) is 5.49. The molecule has 3 N–H and O–H groups in total. The van der Waals surface area contributed by atoms with Crippen molar-refractivity contribution in [1.29, 1.82) is 0 Å². The molecule has 0 radical (unpaired) electrons. The van der Waals surface area contributed by atoms with Crippen molar-refractivity contribution in [2.24, 2.45) is 0 Å². The molecule has 3 aliphatic rings. The molecule has 166 valence electrons. The number of pyridine rings is 1. The van der Waals surface area contributed by atoms with E-state index in [1.165, 1.54) is 10.9 Å². The van der Waals surface area contributed by atoms with Gasteiger partial charge in [-0.2, -0.15) is 0 Å². The summed E-state index contributed by atoms with van der Waals surface area (Å²) in [6.45, 7) is 2.86. The zero-order valence-electron chi connectivity index (χ0n) is 17.8. The number of aromatic nitrogens is 3. The lowest BCUT2D eigenvalue weighted by Crippen LogP contribution is -2.52. The number of rotatable bonds is 1. The zero-order valence-corrected chi connectivity index (χ0v) is 17.8. The topological polar surface area (TPSA) is 112 Å². The minimum Gasteiger partial charge on any atom is -0.486 e. The molecule has 3 aromatic rings. The van der Waals surface area contributed by atoms with Gasteiger partial charge in [-0.05, 0) is 37.5 Å². The SMILES string of the molecule is CNc1cc2nc3c1ncn3C(=O)N[C@@H]1CC[C@H]1OCc1cc(c3c(c1)OC[C@@H](C)O3)N2. The number of carbonyl (C=O) groups is 1. The molecule has 2 aliphatic heterocycles. The average molecular weight is 436 g/mol. The Morgan fingerprint density at radius 3 is 2.97 bits per heavy atom. The maximum atomic E-state index is 13.0. The monoisotopic (exact) mass is 436 g/mol. The summed E-state index contributed by atoms with van der Waals surface area (Å²) in [7, 11) is 1.81. The number of amides is 1.